The number of aliphatic hydroxyl groups is 3. The predicted octanol–water partition coefficient (Wildman–Crippen LogP) is 5.72. The van der Waals surface area contributed by atoms with Crippen molar-refractivity contribution in [1.29, 1.82) is 0 Å². The molecule has 0 aromatic rings. The first kappa shape index (κ1) is 26.1. The van der Waals surface area contributed by atoms with Crippen LogP contribution >= 0.6 is 0 Å². The fourth-order valence-corrected chi connectivity index (χ4v) is 7.95. The predicted molar refractivity (Wildman–Crippen MR) is 137 cm³/mol. The lowest BCUT2D eigenvalue weighted by molar-refractivity contribution is 0.00172. The van der Waals surface area contributed by atoms with Crippen molar-refractivity contribution < 1.29 is 20.1 Å². The molecular formula is C30H48O4. The van der Waals surface area contributed by atoms with E-state index in [1.165, 1.54) is 38.5 Å². The zero-order valence-corrected chi connectivity index (χ0v) is 21.9. The van der Waals surface area contributed by atoms with Crippen LogP contribution in [0.4, 0.5) is 0 Å². The van der Waals surface area contributed by atoms with E-state index >= 15 is 0 Å². The van der Waals surface area contributed by atoms with E-state index in [1.807, 2.05) is 13.8 Å². The number of fused-ring (bicyclic) bond motifs is 2. The standard InChI is InChI=1S/C30H48O4/c1-19(8-6-14-29(3,4)33)25-12-13-26-21(9-7-15-30(25,26)5)10-11-22-16-27(32)24-17-23(18-31)34-28(24)20(22)2/h10-11,19,23-28,31-33H,2,6-9,12-18H2,1,3-5H3/b21-10+,22-11-/t19-,23-,24-,25-,26+,27+,28+,30-/m1/s1. The van der Waals surface area contributed by atoms with Gasteiger partial charge in [-0.1, -0.05) is 51.0 Å². The Morgan fingerprint density at radius 2 is 2.03 bits per heavy atom. The van der Waals surface area contributed by atoms with Gasteiger partial charge in [0.25, 0.3) is 0 Å². The molecule has 0 aromatic carbocycles. The second kappa shape index (κ2) is 10.2. The molecule has 4 aliphatic rings. The molecule has 192 valence electrons. The summed E-state index contributed by atoms with van der Waals surface area (Å²) >= 11 is 0. The van der Waals surface area contributed by atoms with Crippen LogP contribution in [0.25, 0.3) is 0 Å². The molecule has 0 aromatic heterocycles. The van der Waals surface area contributed by atoms with Gasteiger partial charge in [-0.2, -0.15) is 0 Å². The molecule has 3 saturated carbocycles. The van der Waals surface area contributed by atoms with Gasteiger partial charge in [0, 0.05) is 5.92 Å². The van der Waals surface area contributed by atoms with Crippen LogP contribution in [-0.4, -0.2) is 45.8 Å². The molecule has 34 heavy (non-hydrogen) atoms. The molecule has 4 heteroatoms. The highest BCUT2D eigenvalue weighted by Gasteiger charge is 2.50. The van der Waals surface area contributed by atoms with Crippen molar-refractivity contribution in [3.05, 3.63) is 35.5 Å². The monoisotopic (exact) mass is 472 g/mol. The fraction of sp³-hybridized carbons (Fsp3) is 0.800. The minimum absolute atomic E-state index is 0.00765. The summed E-state index contributed by atoms with van der Waals surface area (Å²) < 4.78 is 6.01. The van der Waals surface area contributed by atoms with Crippen molar-refractivity contribution in [2.24, 2.45) is 29.1 Å². The normalized spacial score (nSPS) is 41.7. The minimum atomic E-state index is -0.560. The van der Waals surface area contributed by atoms with Gasteiger partial charge in [0.1, 0.15) is 0 Å². The van der Waals surface area contributed by atoms with E-state index in [2.05, 4.69) is 32.6 Å². The third kappa shape index (κ3) is 5.26. The summed E-state index contributed by atoms with van der Waals surface area (Å²) in [5.74, 6) is 2.15. The Hall–Kier alpha value is -0.940. The molecule has 4 rings (SSSR count). The Bertz CT molecular complexity index is 805. The van der Waals surface area contributed by atoms with Crippen LogP contribution < -0.4 is 0 Å². The van der Waals surface area contributed by atoms with Crippen molar-refractivity contribution in [2.45, 2.75) is 116 Å². The molecule has 0 unspecified atom stereocenters. The molecule has 1 aliphatic heterocycles. The van der Waals surface area contributed by atoms with Gasteiger partial charge in [-0.3, -0.25) is 0 Å². The lowest BCUT2D eigenvalue weighted by Gasteiger charge is -2.44. The number of allylic oxidation sites excluding steroid dienone is 3. The number of rotatable bonds is 7. The molecule has 1 saturated heterocycles. The summed E-state index contributed by atoms with van der Waals surface area (Å²) in [6.07, 6.45) is 14.7. The summed E-state index contributed by atoms with van der Waals surface area (Å²) in [5.41, 5.74) is 3.49. The number of hydrogen-bond donors (Lipinski definition) is 3. The van der Waals surface area contributed by atoms with Gasteiger partial charge in [-0.15, -0.1) is 0 Å². The highest BCUT2D eigenvalue weighted by atomic mass is 16.5. The van der Waals surface area contributed by atoms with Crippen LogP contribution in [0.3, 0.4) is 0 Å². The van der Waals surface area contributed by atoms with Crippen LogP contribution in [0.15, 0.2) is 35.5 Å². The Morgan fingerprint density at radius 1 is 1.26 bits per heavy atom. The molecular weight excluding hydrogens is 424 g/mol. The maximum Gasteiger partial charge on any atom is 0.0880 e. The molecule has 0 amide bonds. The highest BCUT2D eigenvalue weighted by molar-refractivity contribution is 5.40. The van der Waals surface area contributed by atoms with Gasteiger partial charge < -0.3 is 20.1 Å². The van der Waals surface area contributed by atoms with Crippen LogP contribution in [-0.2, 0) is 4.74 Å². The molecule has 4 fully saturated rings. The van der Waals surface area contributed by atoms with Crippen LogP contribution in [0.5, 0.6) is 0 Å². The molecule has 3 aliphatic carbocycles. The Labute approximate surface area is 207 Å². The maximum absolute atomic E-state index is 10.7. The zero-order chi connectivity index (χ0) is 24.7. The topological polar surface area (TPSA) is 69.9 Å². The second-order valence-corrected chi connectivity index (χ2v) is 12.8. The number of ether oxygens (including phenoxy) is 1. The van der Waals surface area contributed by atoms with E-state index in [1.54, 1.807) is 5.57 Å². The van der Waals surface area contributed by atoms with Crippen molar-refractivity contribution in [3.8, 4) is 0 Å². The van der Waals surface area contributed by atoms with Crippen LogP contribution in [0.1, 0.15) is 91.9 Å². The first-order chi connectivity index (χ1) is 16.0. The van der Waals surface area contributed by atoms with E-state index in [-0.39, 0.29) is 24.7 Å². The SMILES string of the molecule is C=C1/C(=C\C=C2/CCC[C@]3(C)[C@@H]([C@H](C)CCCC(C)(C)O)CC[C@@H]23)C[C@H](O)[C@H]2C[C@H](CO)O[C@@H]12. The summed E-state index contributed by atoms with van der Waals surface area (Å²) in [5, 5.41) is 30.3. The zero-order valence-electron chi connectivity index (χ0n) is 21.9. The summed E-state index contributed by atoms with van der Waals surface area (Å²) in [6, 6.07) is 0. The van der Waals surface area contributed by atoms with E-state index in [9.17, 15) is 15.3 Å². The van der Waals surface area contributed by atoms with Crippen molar-refractivity contribution in [2.75, 3.05) is 6.61 Å². The highest BCUT2D eigenvalue weighted by Crippen LogP contribution is 2.60. The van der Waals surface area contributed by atoms with Crippen LogP contribution in [0.2, 0.25) is 0 Å². The fourth-order valence-electron chi connectivity index (χ4n) is 7.95. The van der Waals surface area contributed by atoms with E-state index in [4.69, 9.17) is 4.74 Å². The molecule has 3 N–H and O–H groups in total. The largest absolute Gasteiger partial charge is 0.394 e. The summed E-state index contributed by atoms with van der Waals surface area (Å²) in [6.45, 7) is 13.2. The van der Waals surface area contributed by atoms with Gasteiger partial charge >= 0.3 is 0 Å². The lowest BCUT2D eigenvalue weighted by Crippen LogP contribution is -2.36. The molecule has 0 radical (unpaired) electrons. The van der Waals surface area contributed by atoms with Crippen molar-refractivity contribution in [1.82, 2.24) is 0 Å². The van der Waals surface area contributed by atoms with E-state index in [0.717, 1.165) is 29.9 Å². The van der Waals surface area contributed by atoms with Gasteiger partial charge in [0.05, 0.1) is 30.5 Å². The van der Waals surface area contributed by atoms with Crippen molar-refractivity contribution >= 4 is 0 Å². The van der Waals surface area contributed by atoms with E-state index < -0.39 is 11.7 Å². The Morgan fingerprint density at radius 3 is 2.74 bits per heavy atom. The number of hydrogen-bond acceptors (Lipinski definition) is 4. The Kier molecular flexibility index (Phi) is 7.84. The summed E-state index contributed by atoms with van der Waals surface area (Å²) in [4.78, 5) is 0. The minimum Gasteiger partial charge on any atom is -0.394 e. The quantitative estimate of drug-likeness (QED) is 0.443. The molecule has 0 bridgehead atoms. The van der Waals surface area contributed by atoms with Crippen molar-refractivity contribution in [3.63, 3.8) is 0 Å². The summed E-state index contributed by atoms with van der Waals surface area (Å²) in [7, 11) is 0. The molecule has 0 spiro atoms. The number of aliphatic hydroxyl groups excluding tert-OH is 2. The average Bonchev–Trinajstić information content (AvgIpc) is 3.36. The molecule has 1 heterocycles. The van der Waals surface area contributed by atoms with Gasteiger partial charge in [0.2, 0.25) is 0 Å². The smallest absolute Gasteiger partial charge is 0.0880 e. The van der Waals surface area contributed by atoms with Gasteiger partial charge in [0.15, 0.2) is 0 Å². The first-order valence-corrected chi connectivity index (χ1v) is 13.8. The van der Waals surface area contributed by atoms with Gasteiger partial charge in [-0.25, -0.2) is 0 Å². The molecule has 4 nitrogen and oxygen atoms in total. The molecule has 8 atom stereocenters. The lowest BCUT2D eigenvalue weighted by atomic mass is 9.60. The van der Waals surface area contributed by atoms with E-state index in [0.29, 0.717) is 30.1 Å². The second-order valence-electron chi connectivity index (χ2n) is 12.8. The Balaban J connectivity index is 1.45. The third-order valence-electron chi connectivity index (χ3n) is 9.82. The maximum atomic E-state index is 10.7. The first-order valence-electron chi connectivity index (χ1n) is 13.8. The van der Waals surface area contributed by atoms with Gasteiger partial charge in [-0.05, 0) is 99.5 Å². The average molecular weight is 473 g/mol. The third-order valence-corrected chi connectivity index (χ3v) is 9.82. The van der Waals surface area contributed by atoms with Crippen LogP contribution in [0, 0.1) is 29.1 Å².